The molecule has 13 heavy (non-hydrogen) atoms. The maximum Gasteiger partial charge on any atom is 0.139 e. The molecule has 4 fully saturated rings. The number of carbonyl (C=O) groups is 1. The highest BCUT2D eigenvalue weighted by molar-refractivity contribution is 5.97. The summed E-state index contributed by atoms with van der Waals surface area (Å²) >= 11 is 0. The second-order valence-corrected chi connectivity index (χ2v) is 4.66. The average molecular weight is 179 g/mol. The first-order valence-electron chi connectivity index (χ1n) is 5.05. The first-order chi connectivity index (χ1) is 6.29. The quantitative estimate of drug-likeness (QED) is 0.452. The number of nitrogens with zero attached hydrogens (tertiary/aromatic N) is 1. The van der Waals surface area contributed by atoms with E-state index in [2.05, 4.69) is 5.16 Å². The summed E-state index contributed by atoms with van der Waals surface area (Å²) in [6, 6.07) is 0. The lowest BCUT2D eigenvalue weighted by molar-refractivity contribution is -0.135. The molecule has 4 saturated carbocycles. The molecule has 4 rings (SSSR count). The Bertz CT molecular complexity index is 261. The highest BCUT2D eigenvalue weighted by atomic mass is 16.4. The fourth-order valence-electron chi connectivity index (χ4n) is 3.54. The van der Waals surface area contributed by atoms with Gasteiger partial charge in [0.1, 0.15) is 5.78 Å². The number of hydrogen-bond donors (Lipinski definition) is 1. The lowest BCUT2D eigenvalue weighted by atomic mass is 9.55. The van der Waals surface area contributed by atoms with Gasteiger partial charge in [0.15, 0.2) is 0 Å². The summed E-state index contributed by atoms with van der Waals surface area (Å²) in [5.74, 6) is 1.93. The second kappa shape index (κ2) is 2.34. The van der Waals surface area contributed by atoms with E-state index in [0.717, 1.165) is 31.4 Å². The van der Waals surface area contributed by atoms with Crippen molar-refractivity contribution in [3.05, 3.63) is 0 Å². The molecule has 4 aliphatic carbocycles. The van der Waals surface area contributed by atoms with Crippen LogP contribution in [0.5, 0.6) is 0 Å². The van der Waals surface area contributed by atoms with Gasteiger partial charge in [-0.1, -0.05) is 5.16 Å². The van der Waals surface area contributed by atoms with Gasteiger partial charge < -0.3 is 5.21 Å². The molecule has 0 unspecified atom stereocenters. The zero-order valence-corrected chi connectivity index (χ0v) is 7.44. The van der Waals surface area contributed by atoms with Crippen LogP contribution in [-0.2, 0) is 4.79 Å². The zero-order chi connectivity index (χ0) is 9.00. The van der Waals surface area contributed by atoms with Crippen molar-refractivity contribution in [1.29, 1.82) is 0 Å². The Labute approximate surface area is 76.8 Å². The van der Waals surface area contributed by atoms with Crippen molar-refractivity contribution in [3.8, 4) is 0 Å². The summed E-state index contributed by atoms with van der Waals surface area (Å²) in [5.41, 5.74) is 0.986. The summed E-state index contributed by atoms with van der Waals surface area (Å²) in [4.78, 5) is 11.7. The van der Waals surface area contributed by atoms with Crippen LogP contribution in [0.15, 0.2) is 5.16 Å². The number of carbonyl (C=O) groups excluding carboxylic acids is 1. The molecule has 1 N–H and O–H groups in total. The molecule has 4 aliphatic rings. The fraction of sp³-hybridized carbons (Fsp3) is 0.800. The lowest BCUT2D eigenvalue weighted by Crippen LogP contribution is -2.50. The van der Waals surface area contributed by atoms with E-state index in [1.807, 2.05) is 0 Å². The second-order valence-electron chi connectivity index (χ2n) is 4.66. The molecule has 0 heterocycles. The first-order valence-corrected chi connectivity index (χ1v) is 5.05. The van der Waals surface area contributed by atoms with E-state index in [9.17, 15) is 4.79 Å². The van der Waals surface area contributed by atoms with Crippen LogP contribution in [0.2, 0.25) is 0 Å². The molecule has 0 aromatic carbocycles. The SMILES string of the molecule is O=C1C2CC3CC1CC(C2)C3=NO. The number of ketones is 1. The van der Waals surface area contributed by atoms with Crippen LogP contribution in [0.25, 0.3) is 0 Å². The predicted molar refractivity (Wildman–Crippen MR) is 46.7 cm³/mol. The third-order valence-corrected chi connectivity index (χ3v) is 4.03. The van der Waals surface area contributed by atoms with Crippen molar-refractivity contribution < 1.29 is 10.0 Å². The third kappa shape index (κ3) is 0.847. The summed E-state index contributed by atoms with van der Waals surface area (Å²) in [7, 11) is 0. The highest BCUT2D eigenvalue weighted by Gasteiger charge is 2.51. The van der Waals surface area contributed by atoms with Gasteiger partial charge in [0.05, 0.1) is 5.71 Å². The molecule has 0 saturated heterocycles. The highest BCUT2D eigenvalue weighted by Crippen LogP contribution is 2.50. The number of oxime groups is 1. The molecular formula is C10H13NO2. The van der Waals surface area contributed by atoms with Gasteiger partial charge in [0, 0.05) is 23.7 Å². The Morgan fingerprint density at radius 2 is 1.46 bits per heavy atom. The van der Waals surface area contributed by atoms with Crippen molar-refractivity contribution in [1.82, 2.24) is 0 Å². The average Bonchev–Trinajstić information content (AvgIpc) is 2.11. The van der Waals surface area contributed by atoms with Gasteiger partial charge in [-0.3, -0.25) is 4.79 Å². The van der Waals surface area contributed by atoms with E-state index in [1.54, 1.807) is 0 Å². The van der Waals surface area contributed by atoms with Gasteiger partial charge in [0.25, 0.3) is 0 Å². The van der Waals surface area contributed by atoms with Gasteiger partial charge in [-0.2, -0.15) is 0 Å². The Kier molecular flexibility index (Phi) is 1.35. The zero-order valence-electron chi connectivity index (χ0n) is 7.44. The Balaban J connectivity index is 1.99. The van der Waals surface area contributed by atoms with E-state index in [0.29, 0.717) is 29.5 Å². The van der Waals surface area contributed by atoms with E-state index in [1.165, 1.54) is 0 Å². The van der Waals surface area contributed by atoms with Crippen molar-refractivity contribution in [2.75, 3.05) is 0 Å². The monoisotopic (exact) mass is 179 g/mol. The Morgan fingerprint density at radius 3 is 1.85 bits per heavy atom. The molecular weight excluding hydrogens is 166 g/mol. The van der Waals surface area contributed by atoms with Crippen LogP contribution in [0.1, 0.15) is 25.7 Å². The van der Waals surface area contributed by atoms with Gasteiger partial charge >= 0.3 is 0 Å². The number of hydrogen-bond acceptors (Lipinski definition) is 3. The van der Waals surface area contributed by atoms with Crippen molar-refractivity contribution >= 4 is 11.5 Å². The van der Waals surface area contributed by atoms with Gasteiger partial charge in [-0.25, -0.2) is 0 Å². The van der Waals surface area contributed by atoms with Gasteiger partial charge in [-0.15, -0.1) is 0 Å². The van der Waals surface area contributed by atoms with Crippen LogP contribution < -0.4 is 0 Å². The largest absolute Gasteiger partial charge is 0.411 e. The smallest absolute Gasteiger partial charge is 0.139 e. The molecule has 0 aromatic rings. The molecule has 0 radical (unpaired) electrons. The molecule has 0 amide bonds. The molecule has 70 valence electrons. The number of rotatable bonds is 0. The van der Waals surface area contributed by atoms with Crippen molar-refractivity contribution in [3.63, 3.8) is 0 Å². The third-order valence-electron chi connectivity index (χ3n) is 4.03. The summed E-state index contributed by atoms with van der Waals surface area (Å²) in [5, 5.41) is 12.3. The maximum atomic E-state index is 11.7. The molecule has 0 atom stereocenters. The molecule has 0 aromatic heterocycles. The van der Waals surface area contributed by atoms with Crippen molar-refractivity contribution in [2.45, 2.75) is 25.7 Å². The normalized spacial score (nSPS) is 47.1. The van der Waals surface area contributed by atoms with Crippen LogP contribution in [0.3, 0.4) is 0 Å². The van der Waals surface area contributed by atoms with E-state index in [4.69, 9.17) is 5.21 Å². The molecule has 0 aliphatic heterocycles. The van der Waals surface area contributed by atoms with E-state index in [-0.39, 0.29) is 0 Å². The molecule has 3 heteroatoms. The van der Waals surface area contributed by atoms with Crippen molar-refractivity contribution in [2.24, 2.45) is 28.8 Å². The summed E-state index contributed by atoms with van der Waals surface area (Å²) in [6.45, 7) is 0. The Morgan fingerprint density at radius 1 is 1.00 bits per heavy atom. The Hall–Kier alpha value is -0.860. The summed E-state index contributed by atoms with van der Waals surface area (Å²) < 4.78 is 0. The fourth-order valence-corrected chi connectivity index (χ4v) is 3.54. The summed E-state index contributed by atoms with van der Waals surface area (Å²) in [6.07, 6.45) is 3.80. The minimum Gasteiger partial charge on any atom is -0.411 e. The van der Waals surface area contributed by atoms with E-state index < -0.39 is 0 Å². The van der Waals surface area contributed by atoms with Gasteiger partial charge in [-0.05, 0) is 25.7 Å². The topological polar surface area (TPSA) is 49.7 Å². The minimum absolute atomic E-state index is 0.299. The van der Waals surface area contributed by atoms with Crippen LogP contribution >= 0.6 is 0 Å². The standard InChI is InChI=1S/C10H13NO2/c12-10-7-1-5-2-8(10)4-6(3-7)9(5)11-13/h5-8,13H,1-4H2. The van der Waals surface area contributed by atoms with E-state index >= 15 is 0 Å². The first kappa shape index (κ1) is 7.54. The number of Topliss-reactive ketones (excluding diaryl/α,β-unsaturated/α-hetero) is 1. The van der Waals surface area contributed by atoms with Crippen LogP contribution in [0.4, 0.5) is 0 Å². The van der Waals surface area contributed by atoms with Crippen LogP contribution in [0, 0.1) is 23.7 Å². The minimum atomic E-state index is 0.299. The molecule has 3 nitrogen and oxygen atoms in total. The predicted octanol–water partition coefficient (Wildman–Crippen LogP) is 1.45. The lowest BCUT2D eigenvalue weighted by Gasteiger charge is -2.48. The molecule has 4 bridgehead atoms. The van der Waals surface area contributed by atoms with Crippen LogP contribution in [-0.4, -0.2) is 16.7 Å². The maximum absolute atomic E-state index is 11.7. The van der Waals surface area contributed by atoms with Gasteiger partial charge in [0.2, 0.25) is 0 Å². The molecule has 0 spiro atoms.